The monoisotopic (exact) mass is 217 g/mol. The lowest BCUT2D eigenvalue weighted by Crippen LogP contribution is -1.92. The zero-order chi connectivity index (χ0) is 11.5. The van der Waals surface area contributed by atoms with Crippen LogP contribution in [0.3, 0.4) is 0 Å². The van der Waals surface area contributed by atoms with Crippen LogP contribution in [0.15, 0.2) is 42.5 Å². The average Bonchev–Trinajstić information content (AvgIpc) is 2.25. The van der Waals surface area contributed by atoms with Gasteiger partial charge in [0.15, 0.2) is 11.6 Å². The Labute approximate surface area is 93.5 Å². The van der Waals surface area contributed by atoms with Crippen molar-refractivity contribution in [3.63, 3.8) is 0 Å². The van der Waals surface area contributed by atoms with Crippen LogP contribution in [0, 0.1) is 12.7 Å². The maximum Gasteiger partial charge on any atom is 0.167 e. The normalized spacial score (nSPS) is 10.1. The van der Waals surface area contributed by atoms with E-state index < -0.39 is 5.82 Å². The Kier molecular flexibility index (Phi) is 2.77. The molecule has 0 atom stereocenters. The van der Waals surface area contributed by atoms with Gasteiger partial charge in [-0.05, 0) is 30.7 Å². The largest absolute Gasteiger partial charge is 0.454 e. The van der Waals surface area contributed by atoms with Crippen molar-refractivity contribution in [3.05, 3.63) is 53.8 Å². The van der Waals surface area contributed by atoms with E-state index in [1.54, 1.807) is 12.1 Å². The van der Waals surface area contributed by atoms with Crippen LogP contribution in [-0.4, -0.2) is 0 Å². The molecule has 2 N–H and O–H groups in total. The smallest absolute Gasteiger partial charge is 0.167 e. The fraction of sp³-hybridized carbons (Fsp3) is 0.0769. The molecule has 0 heterocycles. The predicted molar refractivity (Wildman–Crippen MR) is 62.1 cm³/mol. The minimum Gasteiger partial charge on any atom is -0.454 e. The molecule has 0 saturated carbocycles. The Bertz CT molecular complexity index is 511. The number of para-hydroxylation sites is 1. The first-order valence-electron chi connectivity index (χ1n) is 4.95. The van der Waals surface area contributed by atoms with Gasteiger partial charge in [-0.25, -0.2) is 4.39 Å². The second-order valence-electron chi connectivity index (χ2n) is 3.56. The average molecular weight is 217 g/mol. The molecular formula is C13H12FNO. The van der Waals surface area contributed by atoms with Crippen LogP contribution in [-0.2, 0) is 0 Å². The van der Waals surface area contributed by atoms with E-state index in [1.165, 1.54) is 12.1 Å². The van der Waals surface area contributed by atoms with Crippen molar-refractivity contribution in [1.82, 2.24) is 0 Å². The van der Waals surface area contributed by atoms with E-state index in [9.17, 15) is 4.39 Å². The fourth-order valence-corrected chi connectivity index (χ4v) is 1.39. The summed E-state index contributed by atoms with van der Waals surface area (Å²) in [4.78, 5) is 0. The minimum absolute atomic E-state index is 0.184. The number of anilines is 1. The summed E-state index contributed by atoms with van der Waals surface area (Å²) in [6, 6.07) is 11.8. The first kappa shape index (κ1) is 10.5. The lowest BCUT2D eigenvalue weighted by Gasteiger charge is -2.09. The number of hydrogen-bond donors (Lipinski definition) is 1. The third kappa shape index (κ3) is 2.14. The predicted octanol–water partition coefficient (Wildman–Crippen LogP) is 3.51. The lowest BCUT2D eigenvalue weighted by molar-refractivity contribution is 0.440. The summed E-state index contributed by atoms with van der Waals surface area (Å²) in [6.07, 6.45) is 0. The van der Waals surface area contributed by atoms with Crippen LogP contribution < -0.4 is 10.5 Å². The maximum absolute atomic E-state index is 13.5. The molecule has 0 aliphatic carbocycles. The number of nitrogens with two attached hydrogens (primary N) is 1. The molecule has 0 saturated heterocycles. The molecule has 2 aromatic rings. The van der Waals surface area contributed by atoms with Gasteiger partial charge in [-0.15, -0.1) is 0 Å². The van der Waals surface area contributed by atoms with E-state index in [2.05, 4.69) is 0 Å². The molecule has 0 fully saturated rings. The second kappa shape index (κ2) is 4.23. The van der Waals surface area contributed by atoms with Gasteiger partial charge in [0.1, 0.15) is 5.75 Å². The molecule has 0 aliphatic rings. The van der Waals surface area contributed by atoms with Crippen molar-refractivity contribution in [2.75, 3.05) is 5.73 Å². The molecule has 2 nitrogen and oxygen atoms in total. The van der Waals surface area contributed by atoms with E-state index in [0.29, 0.717) is 11.4 Å². The van der Waals surface area contributed by atoms with Crippen molar-refractivity contribution in [3.8, 4) is 11.5 Å². The summed E-state index contributed by atoms with van der Waals surface area (Å²) in [7, 11) is 0. The minimum atomic E-state index is -0.455. The summed E-state index contributed by atoms with van der Waals surface area (Å²) in [5.74, 6) is 0.373. The van der Waals surface area contributed by atoms with Crippen LogP contribution in [0.1, 0.15) is 5.56 Å². The van der Waals surface area contributed by atoms with Crippen LogP contribution in [0.5, 0.6) is 11.5 Å². The molecule has 0 amide bonds. The van der Waals surface area contributed by atoms with Crippen LogP contribution in [0.2, 0.25) is 0 Å². The zero-order valence-corrected chi connectivity index (χ0v) is 8.91. The van der Waals surface area contributed by atoms with Crippen LogP contribution in [0.25, 0.3) is 0 Å². The molecule has 3 heteroatoms. The molecule has 82 valence electrons. The number of benzene rings is 2. The molecule has 16 heavy (non-hydrogen) atoms. The summed E-state index contributed by atoms with van der Waals surface area (Å²) in [6.45, 7) is 1.91. The number of halogens is 1. The molecule has 0 bridgehead atoms. The van der Waals surface area contributed by atoms with Gasteiger partial charge in [0, 0.05) is 11.8 Å². The highest BCUT2D eigenvalue weighted by atomic mass is 19.1. The summed E-state index contributed by atoms with van der Waals surface area (Å²) in [5, 5.41) is 0. The fourth-order valence-electron chi connectivity index (χ4n) is 1.39. The quantitative estimate of drug-likeness (QED) is 0.781. The van der Waals surface area contributed by atoms with Crippen molar-refractivity contribution in [2.24, 2.45) is 0 Å². The third-order valence-corrected chi connectivity index (χ3v) is 2.27. The van der Waals surface area contributed by atoms with Gasteiger partial charge in [-0.1, -0.05) is 18.2 Å². The van der Waals surface area contributed by atoms with Gasteiger partial charge in [0.2, 0.25) is 0 Å². The molecular weight excluding hydrogens is 205 g/mol. The number of nitrogen functional groups attached to an aromatic ring is 1. The van der Waals surface area contributed by atoms with Crippen molar-refractivity contribution in [1.29, 1.82) is 0 Å². The Balaban J connectivity index is 2.31. The Morgan fingerprint density at radius 1 is 1.06 bits per heavy atom. The van der Waals surface area contributed by atoms with Gasteiger partial charge in [0.25, 0.3) is 0 Å². The molecule has 0 aromatic heterocycles. The first-order valence-corrected chi connectivity index (χ1v) is 4.95. The SMILES string of the molecule is Cc1ccccc1Oc1ccc(N)cc1F. The van der Waals surface area contributed by atoms with Crippen molar-refractivity contribution >= 4 is 5.69 Å². The highest BCUT2D eigenvalue weighted by Gasteiger charge is 2.06. The molecule has 0 aliphatic heterocycles. The molecule has 0 radical (unpaired) electrons. The van der Waals surface area contributed by atoms with Gasteiger partial charge >= 0.3 is 0 Å². The standard InChI is InChI=1S/C13H12FNO/c1-9-4-2-3-5-12(9)16-13-7-6-10(15)8-11(13)14/h2-8H,15H2,1H3. The third-order valence-electron chi connectivity index (χ3n) is 2.27. The molecule has 2 aromatic carbocycles. The lowest BCUT2D eigenvalue weighted by atomic mass is 10.2. The van der Waals surface area contributed by atoms with Crippen LogP contribution in [0.4, 0.5) is 10.1 Å². The van der Waals surface area contributed by atoms with E-state index in [1.807, 2.05) is 25.1 Å². The van der Waals surface area contributed by atoms with E-state index >= 15 is 0 Å². The maximum atomic E-state index is 13.5. The Morgan fingerprint density at radius 2 is 1.81 bits per heavy atom. The Morgan fingerprint density at radius 3 is 2.50 bits per heavy atom. The first-order chi connectivity index (χ1) is 7.66. The molecule has 0 spiro atoms. The number of rotatable bonds is 2. The second-order valence-corrected chi connectivity index (χ2v) is 3.56. The van der Waals surface area contributed by atoms with Crippen molar-refractivity contribution < 1.29 is 9.13 Å². The van der Waals surface area contributed by atoms with E-state index in [-0.39, 0.29) is 5.75 Å². The van der Waals surface area contributed by atoms with E-state index in [4.69, 9.17) is 10.5 Å². The van der Waals surface area contributed by atoms with Crippen LogP contribution >= 0.6 is 0 Å². The van der Waals surface area contributed by atoms with Gasteiger partial charge in [0.05, 0.1) is 0 Å². The number of hydrogen-bond acceptors (Lipinski definition) is 2. The molecule has 2 rings (SSSR count). The summed E-state index contributed by atoms with van der Waals surface area (Å²) in [5.41, 5.74) is 6.80. The van der Waals surface area contributed by atoms with Gasteiger partial charge < -0.3 is 10.5 Å². The van der Waals surface area contributed by atoms with E-state index in [0.717, 1.165) is 5.56 Å². The Hall–Kier alpha value is -2.03. The number of ether oxygens (including phenoxy) is 1. The zero-order valence-electron chi connectivity index (χ0n) is 8.91. The van der Waals surface area contributed by atoms with Gasteiger partial charge in [-0.2, -0.15) is 0 Å². The number of aryl methyl sites for hydroxylation is 1. The highest BCUT2D eigenvalue weighted by molar-refractivity contribution is 5.45. The van der Waals surface area contributed by atoms with Crippen molar-refractivity contribution in [2.45, 2.75) is 6.92 Å². The topological polar surface area (TPSA) is 35.2 Å². The summed E-state index contributed by atoms with van der Waals surface area (Å²) < 4.78 is 18.9. The summed E-state index contributed by atoms with van der Waals surface area (Å²) >= 11 is 0. The van der Waals surface area contributed by atoms with Gasteiger partial charge in [-0.3, -0.25) is 0 Å². The molecule has 0 unspecified atom stereocenters. The highest BCUT2D eigenvalue weighted by Crippen LogP contribution is 2.27.